The van der Waals surface area contributed by atoms with Crippen LogP contribution < -0.4 is 9.47 Å². The summed E-state index contributed by atoms with van der Waals surface area (Å²) in [4.78, 5) is 11.9. The van der Waals surface area contributed by atoms with E-state index in [2.05, 4.69) is 0 Å². The number of benzene rings is 1. The van der Waals surface area contributed by atoms with E-state index in [0.717, 1.165) is 19.3 Å². The molecule has 1 saturated carbocycles. The Bertz CT molecular complexity index is 549. The topological polar surface area (TPSA) is 76.0 Å². The highest BCUT2D eigenvalue weighted by molar-refractivity contribution is 6.33. The van der Waals surface area contributed by atoms with Gasteiger partial charge in [0.2, 0.25) is 0 Å². The third-order valence-corrected chi connectivity index (χ3v) is 4.55. The quantitative estimate of drug-likeness (QED) is 0.891. The van der Waals surface area contributed by atoms with Crippen LogP contribution in [0.5, 0.6) is 17.2 Å². The lowest BCUT2D eigenvalue weighted by molar-refractivity contribution is -0.145. The van der Waals surface area contributed by atoms with Crippen molar-refractivity contribution in [2.24, 2.45) is 0 Å². The molecule has 0 atom stereocenters. The fourth-order valence-corrected chi connectivity index (χ4v) is 3.57. The molecule has 1 aliphatic carbocycles. The van der Waals surface area contributed by atoms with Gasteiger partial charge in [-0.25, -0.2) is 0 Å². The number of hydrogen-bond donors (Lipinski definition) is 2. The summed E-state index contributed by atoms with van der Waals surface area (Å²) in [6.07, 6.45) is 3.46. The van der Waals surface area contributed by atoms with Crippen LogP contribution in [-0.4, -0.2) is 30.4 Å². The number of phenols is 1. The molecular formula is C15H19ClO5. The van der Waals surface area contributed by atoms with E-state index in [9.17, 15) is 15.0 Å². The molecule has 6 heteroatoms. The van der Waals surface area contributed by atoms with E-state index in [-0.39, 0.29) is 27.8 Å². The molecule has 0 aliphatic heterocycles. The molecule has 0 radical (unpaired) electrons. The molecule has 1 aromatic rings. The van der Waals surface area contributed by atoms with Crippen LogP contribution in [0.1, 0.15) is 37.7 Å². The van der Waals surface area contributed by atoms with Crippen molar-refractivity contribution in [3.63, 3.8) is 0 Å². The highest BCUT2D eigenvalue weighted by Crippen LogP contribution is 2.51. The van der Waals surface area contributed by atoms with Gasteiger partial charge < -0.3 is 19.7 Å². The van der Waals surface area contributed by atoms with E-state index in [1.165, 1.54) is 20.3 Å². The van der Waals surface area contributed by atoms with Gasteiger partial charge in [-0.2, -0.15) is 0 Å². The zero-order valence-corrected chi connectivity index (χ0v) is 12.9. The van der Waals surface area contributed by atoms with Crippen molar-refractivity contribution in [1.29, 1.82) is 0 Å². The number of ether oxygens (including phenoxy) is 2. The van der Waals surface area contributed by atoms with E-state index in [1.807, 2.05) is 0 Å². The summed E-state index contributed by atoms with van der Waals surface area (Å²) in [5.41, 5.74) is -0.937. The first-order valence-electron chi connectivity index (χ1n) is 6.85. The number of phenolic OH excluding ortho intramolecular Hbond substituents is 1. The van der Waals surface area contributed by atoms with Gasteiger partial charge in [-0.3, -0.25) is 4.79 Å². The lowest BCUT2D eigenvalue weighted by Gasteiger charge is -2.35. The first-order valence-corrected chi connectivity index (χ1v) is 7.23. The molecule has 1 aliphatic rings. The van der Waals surface area contributed by atoms with Gasteiger partial charge in [0.15, 0.2) is 11.5 Å². The van der Waals surface area contributed by atoms with Crippen LogP contribution >= 0.6 is 11.6 Å². The summed E-state index contributed by atoms with van der Waals surface area (Å²) in [5, 5.41) is 20.2. The zero-order valence-electron chi connectivity index (χ0n) is 12.1. The third-order valence-electron chi connectivity index (χ3n) is 4.19. The van der Waals surface area contributed by atoms with Gasteiger partial charge in [0.25, 0.3) is 0 Å². The van der Waals surface area contributed by atoms with Crippen LogP contribution in [-0.2, 0) is 10.2 Å². The Morgan fingerprint density at radius 2 is 1.86 bits per heavy atom. The van der Waals surface area contributed by atoms with Crippen LogP contribution in [0.2, 0.25) is 5.02 Å². The molecule has 0 heterocycles. The summed E-state index contributed by atoms with van der Waals surface area (Å²) in [5.74, 6) is -0.605. The van der Waals surface area contributed by atoms with Crippen molar-refractivity contribution in [3.8, 4) is 17.2 Å². The molecule has 2 N–H and O–H groups in total. The predicted molar refractivity (Wildman–Crippen MR) is 78.6 cm³/mol. The molecule has 0 amide bonds. The molecule has 0 spiro atoms. The van der Waals surface area contributed by atoms with E-state index in [4.69, 9.17) is 21.1 Å². The molecule has 0 unspecified atom stereocenters. The monoisotopic (exact) mass is 314 g/mol. The summed E-state index contributed by atoms with van der Waals surface area (Å²) < 4.78 is 10.3. The Labute approximate surface area is 128 Å². The molecule has 0 bridgehead atoms. The number of halogens is 1. The number of carbonyl (C=O) groups is 1. The molecule has 2 rings (SSSR count). The Kier molecular flexibility index (Phi) is 4.52. The van der Waals surface area contributed by atoms with Crippen LogP contribution in [0.15, 0.2) is 6.07 Å². The lowest BCUT2D eigenvalue weighted by Crippen LogP contribution is -2.38. The maximum absolute atomic E-state index is 11.9. The van der Waals surface area contributed by atoms with Crippen LogP contribution in [0.25, 0.3) is 0 Å². The minimum absolute atomic E-state index is 0.110. The van der Waals surface area contributed by atoms with Gasteiger partial charge in [-0.1, -0.05) is 30.9 Å². The molecule has 116 valence electrons. The largest absolute Gasteiger partial charge is 0.507 e. The predicted octanol–water partition coefficient (Wildman–Crippen LogP) is 3.35. The molecule has 21 heavy (non-hydrogen) atoms. The lowest BCUT2D eigenvalue weighted by atomic mass is 9.69. The van der Waals surface area contributed by atoms with Crippen LogP contribution in [0.4, 0.5) is 0 Å². The summed E-state index contributed by atoms with van der Waals surface area (Å²) in [6, 6.07) is 1.36. The van der Waals surface area contributed by atoms with Crippen molar-refractivity contribution in [3.05, 3.63) is 16.7 Å². The van der Waals surface area contributed by atoms with Crippen molar-refractivity contribution in [2.75, 3.05) is 14.2 Å². The number of rotatable bonds is 4. The number of aliphatic carboxylic acids is 1. The number of hydrogen-bond acceptors (Lipinski definition) is 4. The van der Waals surface area contributed by atoms with E-state index < -0.39 is 11.4 Å². The second kappa shape index (κ2) is 6.02. The smallest absolute Gasteiger partial charge is 0.314 e. The number of methoxy groups -OCH3 is 2. The van der Waals surface area contributed by atoms with E-state index in [0.29, 0.717) is 12.8 Å². The fraction of sp³-hybridized carbons (Fsp3) is 0.533. The third kappa shape index (κ3) is 2.50. The van der Waals surface area contributed by atoms with Crippen LogP contribution in [0.3, 0.4) is 0 Å². The van der Waals surface area contributed by atoms with E-state index in [1.54, 1.807) is 0 Å². The second-order valence-electron chi connectivity index (χ2n) is 5.27. The van der Waals surface area contributed by atoms with Crippen molar-refractivity contribution < 1.29 is 24.5 Å². The van der Waals surface area contributed by atoms with E-state index >= 15 is 0 Å². The van der Waals surface area contributed by atoms with Crippen molar-refractivity contribution in [2.45, 2.75) is 37.5 Å². The molecule has 0 aromatic heterocycles. The second-order valence-corrected chi connectivity index (χ2v) is 5.65. The SMILES string of the molecule is COc1cc(O)c(C2(C(=O)O)CCCCC2)c(Cl)c1OC. The minimum Gasteiger partial charge on any atom is -0.507 e. The van der Waals surface area contributed by atoms with Crippen molar-refractivity contribution >= 4 is 17.6 Å². The Hall–Kier alpha value is -1.62. The number of aromatic hydroxyl groups is 1. The standard InChI is InChI=1S/C15H19ClO5/c1-20-10-8-9(17)11(12(16)13(10)21-2)15(14(18)19)6-4-3-5-7-15/h8,17H,3-7H2,1-2H3,(H,18,19). The minimum atomic E-state index is -1.17. The summed E-state index contributed by atoms with van der Waals surface area (Å²) in [6.45, 7) is 0. The first kappa shape index (κ1) is 15.8. The summed E-state index contributed by atoms with van der Waals surface area (Å²) >= 11 is 6.34. The molecule has 1 fully saturated rings. The molecular weight excluding hydrogens is 296 g/mol. The molecule has 0 saturated heterocycles. The zero-order chi connectivity index (χ0) is 15.6. The van der Waals surface area contributed by atoms with Gasteiger partial charge in [0, 0.05) is 11.6 Å². The Morgan fingerprint density at radius 1 is 1.24 bits per heavy atom. The molecule has 5 nitrogen and oxygen atoms in total. The number of carboxylic acid groups (broad SMARTS) is 1. The maximum Gasteiger partial charge on any atom is 0.314 e. The van der Waals surface area contributed by atoms with Gasteiger partial charge in [0.1, 0.15) is 5.75 Å². The van der Waals surface area contributed by atoms with Gasteiger partial charge in [-0.05, 0) is 12.8 Å². The van der Waals surface area contributed by atoms with Crippen LogP contribution in [0, 0.1) is 0 Å². The van der Waals surface area contributed by atoms with Crippen molar-refractivity contribution in [1.82, 2.24) is 0 Å². The highest BCUT2D eigenvalue weighted by atomic mass is 35.5. The molecule has 1 aromatic carbocycles. The average molecular weight is 315 g/mol. The fourth-order valence-electron chi connectivity index (χ4n) is 3.12. The van der Waals surface area contributed by atoms with Gasteiger partial charge in [0.05, 0.1) is 24.7 Å². The average Bonchev–Trinajstić information content (AvgIpc) is 2.47. The first-order chi connectivity index (χ1) is 9.97. The highest BCUT2D eigenvalue weighted by Gasteiger charge is 2.45. The Morgan fingerprint density at radius 3 is 2.33 bits per heavy atom. The van der Waals surface area contributed by atoms with Gasteiger partial charge >= 0.3 is 5.97 Å². The maximum atomic E-state index is 11.9. The number of carboxylic acids is 1. The van der Waals surface area contributed by atoms with Gasteiger partial charge in [-0.15, -0.1) is 0 Å². The summed E-state index contributed by atoms with van der Waals surface area (Å²) in [7, 11) is 2.86. The normalized spacial score (nSPS) is 17.3. The Balaban J connectivity index is 2.69.